The van der Waals surface area contributed by atoms with Crippen LogP contribution in [-0.2, 0) is 42.6 Å². The van der Waals surface area contributed by atoms with E-state index in [1.807, 2.05) is 0 Å². The molecule has 9 aromatic carbocycles. The van der Waals surface area contributed by atoms with Crippen LogP contribution in [0.4, 0.5) is 0 Å². The fourth-order valence-electron chi connectivity index (χ4n) is 14.3. The Morgan fingerprint density at radius 2 is 0.699 bits per heavy atom. The molecule has 5 heterocycles. The van der Waals surface area contributed by atoms with Gasteiger partial charge in [0, 0.05) is 56.6 Å². The van der Waals surface area contributed by atoms with Crippen LogP contribution in [0.15, 0.2) is 54.6 Å². The van der Waals surface area contributed by atoms with Gasteiger partial charge in [-0.1, -0.05) is 0 Å². The summed E-state index contributed by atoms with van der Waals surface area (Å²) in [7, 11) is 0. The van der Waals surface area contributed by atoms with E-state index < -0.39 is 384 Å². The lowest BCUT2D eigenvalue weighted by Crippen LogP contribution is -2.61. The summed E-state index contributed by atoms with van der Waals surface area (Å²) >= 11 is 0. The van der Waals surface area contributed by atoms with Crippen molar-refractivity contribution in [2.24, 2.45) is 0 Å². The van der Waals surface area contributed by atoms with Gasteiger partial charge in [-0.2, -0.15) is 0 Å². The zero-order chi connectivity index (χ0) is 89.8. The molecule has 29 N–H and O–H groups in total. The minimum absolute atomic E-state index is 0.0579. The molecule has 10 atom stereocenters. The molecule has 0 radical (unpaired) electrons. The van der Waals surface area contributed by atoms with E-state index in [2.05, 4.69) is 0 Å². The molecule has 2 bridgehead atoms. The Balaban J connectivity index is 0.952. The molecule has 5 aliphatic rings. The molecule has 0 unspecified atom stereocenters. The number of phenols is 26. The molecule has 0 aliphatic carbocycles. The number of aliphatic hydroxyl groups excluding tert-OH is 2. The van der Waals surface area contributed by atoms with Crippen LogP contribution in [0.2, 0.25) is 0 Å². The number of fused-ring (bicyclic) bond motifs is 11. The van der Waals surface area contributed by atoms with E-state index in [0.717, 1.165) is 0 Å². The van der Waals surface area contributed by atoms with Gasteiger partial charge in [0.25, 0.3) is 0 Å². The van der Waals surface area contributed by atoms with Crippen LogP contribution in [0.1, 0.15) is 110 Å². The van der Waals surface area contributed by atoms with Crippen molar-refractivity contribution in [1.29, 1.82) is 0 Å². The summed E-state index contributed by atoms with van der Waals surface area (Å²) in [5.41, 5.74) is -24.0. The third kappa shape index (κ3) is 12.9. The number of aromatic carboxylic acids is 1. The van der Waals surface area contributed by atoms with Crippen LogP contribution in [-0.4, -0.2) is 270 Å². The monoisotopic (exact) mass is 1720 g/mol. The van der Waals surface area contributed by atoms with Gasteiger partial charge in [-0.05, 0) is 42.5 Å². The predicted molar refractivity (Wildman–Crippen MR) is 380 cm³/mol. The van der Waals surface area contributed by atoms with Crippen LogP contribution in [0.3, 0.4) is 0 Å². The first-order valence-electron chi connectivity index (χ1n) is 34.2. The largest absolute Gasteiger partial charge is 0.504 e. The molecular formula is C75H52O48. The highest BCUT2D eigenvalue weighted by molar-refractivity contribution is 6.13. The fraction of sp³-hybridized carbons (Fsp3) is 0.160. The summed E-state index contributed by atoms with van der Waals surface area (Å²) in [5, 5.41) is 326. The smallest absolute Gasteiger partial charge is 0.341 e. The molecule has 9 aromatic rings. The highest BCUT2D eigenvalue weighted by atomic mass is 16.7. The Morgan fingerprint density at radius 3 is 1.20 bits per heavy atom. The van der Waals surface area contributed by atoms with Crippen molar-refractivity contribution in [2.75, 3.05) is 13.2 Å². The normalized spacial score (nSPS) is 20.3. The maximum atomic E-state index is 15.6. The SMILES string of the molecule is O=C(O[C@H]1COC(=O)c2cc(O)c(O)c(O)c2-c2c(cc(O)c(O)c2O)C(=O)O[C@H]1[C@@H]1OC(=O)c2cc(O)c(O)c(O)c2-c2c(O)c(O)c(O)c3c2C(=O)O[C@H]1[C@H]3c1c(C(=O)O[C@@H]2O[C@@H]3COC(=O)c4cc(Oc5c(C(=O)O)cc(O)c(O)c5O)c(O)c(O)c4-c4c(cc(O)c(O)c4O)C(=O)O[C@H]3[C@H](O)[C@H]2O)cc(O)c(O)c1O)c1cc(O)c(O)c(O)c1. The number of aromatic hydroxyl groups is 26. The van der Waals surface area contributed by atoms with Crippen molar-refractivity contribution in [3.8, 4) is 194 Å². The molecule has 0 saturated carbocycles. The zero-order valence-corrected chi connectivity index (χ0v) is 60.1. The van der Waals surface area contributed by atoms with E-state index in [1.54, 1.807) is 0 Å². The molecule has 48 heteroatoms. The van der Waals surface area contributed by atoms with E-state index in [-0.39, 0.29) is 30.3 Å². The summed E-state index contributed by atoms with van der Waals surface area (Å²) in [6.45, 7) is -3.43. The van der Waals surface area contributed by atoms with Crippen molar-refractivity contribution in [3.05, 3.63) is 116 Å². The predicted octanol–water partition coefficient (Wildman–Crippen LogP) is 2.35. The summed E-state index contributed by atoms with van der Waals surface area (Å²) < 4.78 is 56.6. The molecule has 48 nitrogen and oxygen atoms in total. The van der Waals surface area contributed by atoms with Crippen molar-refractivity contribution in [1.82, 2.24) is 0 Å². The van der Waals surface area contributed by atoms with Gasteiger partial charge in [0.1, 0.15) is 37.1 Å². The van der Waals surface area contributed by atoms with E-state index in [4.69, 9.17) is 47.4 Å². The molecule has 1 saturated heterocycles. The topological polar surface area (TPSA) is 833 Å². The van der Waals surface area contributed by atoms with Crippen molar-refractivity contribution < 1.29 is 239 Å². The standard InChI is InChI=1S/C75H52O48/c76-20-1-12(2-21(77)41(20)84)67(106)117-30-11-115-68(107)13-3-22(78)42(85)49(92)31(13)32-15(5-24(80)43(86)50(32)93)71(110)120-63(30)65-64-39(38-40(74(113)121-64)37(55(98)57(100)56(38)99)35-16(72(111)122-65)6-25(81)45(88)52(35)95)36-17(7-26(82)46(89)53(36)96)73(112)123-75-60(103)59(102)62-29(118-75)10-114-69(108)18-9-28(116-61-19(66(104)105)8-27(83)47(90)58(61)101)48(91)54(97)34(18)33-14(70(109)119-62)4-23(79)44(87)51(33)94/h1-9,29-30,39,59-60,62-65,75-103H,10-11H2,(H,104,105)/t29-,30+,39+,59-,60-,62-,63-,64+,65+,75+/m1/s1. The van der Waals surface area contributed by atoms with E-state index in [0.29, 0.717) is 24.3 Å². The van der Waals surface area contributed by atoms with Crippen LogP contribution in [0.25, 0.3) is 33.4 Å². The average molecular weight is 1720 g/mol. The molecule has 0 amide bonds. The number of hydrogen-bond donors (Lipinski definition) is 29. The Morgan fingerprint density at radius 1 is 0.317 bits per heavy atom. The lowest BCUT2D eigenvalue weighted by atomic mass is 9.73. The Bertz CT molecular complexity index is 6240. The maximum absolute atomic E-state index is 15.6. The Labute approximate surface area is 674 Å². The van der Waals surface area contributed by atoms with Crippen LogP contribution < -0.4 is 4.74 Å². The first kappa shape index (κ1) is 82.2. The minimum atomic E-state index is -3.41. The zero-order valence-electron chi connectivity index (χ0n) is 60.1. The van der Waals surface area contributed by atoms with Gasteiger partial charge in [0.2, 0.25) is 58.0 Å². The molecular weight excluding hydrogens is 1670 g/mol. The van der Waals surface area contributed by atoms with E-state index >= 15 is 19.2 Å². The number of carbonyl (C=O) groups excluding carboxylic acids is 8. The number of rotatable bonds is 9. The number of esters is 8. The number of cyclic esters (lactones) is 4. The van der Waals surface area contributed by atoms with Crippen LogP contribution in [0, 0.1) is 0 Å². The third-order valence-electron chi connectivity index (χ3n) is 20.1. The number of carboxylic acids is 1. The second-order valence-corrected chi connectivity index (χ2v) is 27.1. The summed E-state index contributed by atoms with van der Waals surface area (Å²) in [6, 6.07) is 2.20. The van der Waals surface area contributed by atoms with Gasteiger partial charge in [-0.15, -0.1) is 0 Å². The number of hydrogen-bond acceptors (Lipinski definition) is 47. The van der Waals surface area contributed by atoms with E-state index in [1.165, 1.54) is 0 Å². The second-order valence-electron chi connectivity index (χ2n) is 27.1. The summed E-state index contributed by atoms with van der Waals surface area (Å²) in [6.07, 6.45) is -27.0. The third-order valence-corrected chi connectivity index (χ3v) is 20.1. The number of carbonyl (C=O) groups is 9. The first-order chi connectivity index (χ1) is 57.8. The highest BCUT2D eigenvalue weighted by Gasteiger charge is 2.58. The van der Waals surface area contributed by atoms with Gasteiger partial charge in [0.15, 0.2) is 140 Å². The van der Waals surface area contributed by atoms with Crippen molar-refractivity contribution in [2.45, 2.75) is 61.0 Å². The van der Waals surface area contributed by atoms with Crippen LogP contribution in [0.5, 0.6) is 161 Å². The van der Waals surface area contributed by atoms with Gasteiger partial charge in [-0.25, -0.2) is 43.2 Å². The first-order valence-corrected chi connectivity index (χ1v) is 34.2. The number of benzene rings is 9. The molecule has 123 heavy (non-hydrogen) atoms. The number of carboxylic acid groups (broad SMARTS) is 1. The molecule has 14 rings (SSSR count). The van der Waals surface area contributed by atoms with Crippen molar-refractivity contribution >= 4 is 53.7 Å². The molecule has 0 aromatic heterocycles. The van der Waals surface area contributed by atoms with Gasteiger partial charge in [0.05, 0.1) is 50.4 Å². The van der Waals surface area contributed by atoms with Gasteiger partial charge >= 0.3 is 53.7 Å². The molecule has 0 spiro atoms. The molecule has 5 aliphatic heterocycles. The minimum Gasteiger partial charge on any atom is -0.504 e. The summed E-state index contributed by atoms with van der Waals surface area (Å²) in [4.78, 5) is 133. The fourth-order valence-corrected chi connectivity index (χ4v) is 14.3. The Hall–Kier alpha value is -17.3. The van der Waals surface area contributed by atoms with Gasteiger partial charge in [-0.3, -0.25) is 0 Å². The Kier molecular flexibility index (Phi) is 19.6. The van der Waals surface area contributed by atoms with Gasteiger partial charge < -0.3 is 195 Å². The maximum Gasteiger partial charge on any atom is 0.341 e. The lowest BCUT2D eigenvalue weighted by Gasteiger charge is -2.43. The quantitative estimate of drug-likeness (QED) is 0.0560. The second kappa shape index (κ2) is 29.4. The molecule has 640 valence electrons. The molecule has 1 fully saturated rings. The number of ether oxygens (including phenoxy) is 10. The average Bonchev–Trinajstić information content (AvgIpc) is 1.18. The number of phenolic OH excluding ortho intramolecular Hbond substituents is 26. The van der Waals surface area contributed by atoms with Crippen LogP contribution >= 0.6 is 0 Å². The number of aliphatic hydroxyl groups is 2. The lowest BCUT2D eigenvalue weighted by molar-refractivity contribution is -0.284. The van der Waals surface area contributed by atoms with E-state index in [9.17, 15) is 172 Å². The van der Waals surface area contributed by atoms with Crippen molar-refractivity contribution in [3.63, 3.8) is 0 Å². The summed E-state index contributed by atoms with van der Waals surface area (Å²) in [5.74, 6) is -67.2. The highest BCUT2D eigenvalue weighted by Crippen LogP contribution is 2.63.